The molecule has 0 aromatic heterocycles. The first-order chi connectivity index (χ1) is 11.1. The lowest BCUT2D eigenvalue weighted by atomic mass is 9.92. The number of carbonyl (C=O) groups excluding carboxylic acids is 1. The van der Waals surface area contributed by atoms with E-state index in [9.17, 15) is 13.2 Å². The summed E-state index contributed by atoms with van der Waals surface area (Å²) in [4.78, 5) is 15.2. The van der Waals surface area contributed by atoms with Gasteiger partial charge in [0.15, 0.2) is 14.6 Å². The zero-order chi connectivity index (χ0) is 18.0. The lowest BCUT2D eigenvalue weighted by Crippen LogP contribution is -2.61. The summed E-state index contributed by atoms with van der Waals surface area (Å²) in [5, 5.41) is 6.11. The van der Waals surface area contributed by atoms with E-state index in [1.807, 2.05) is 0 Å². The van der Waals surface area contributed by atoms with Crippen LogP contribution in [0.25, 0.3) is 0 Å². The van der Waals surface area contributed by atoms with E-state index in [-0.39, 0.29) is 36.3 Å². The van der Waals surface area contributed by atoms with Gasteiger partial charge in [-0.15, -0.1) is 24.8 Å². The van der Waals surface area contributed by atoms with Crippen LogP contribution in [0.5, 0.6) is 0 Å². The van der Waals surface area contributed by atoms with Crippen LogP contribution in [0.15, 0.2) is 0 Å². The van der Waals surface area contributed by atoms with E-state index in [1.165, 1.54) is 19.1 Å². The first-order valence-corrected chi connectivity index (χ1v) is 10.9. The Balaban J connectivity index is 0.00000312. The smallest absolute Gasteiger partial charge is 0.241 e. The minimum absolute atomic E-state index is 0. The monoisotopic (exact) mass is 431 g/mol. The van der Waals surface area contributed by atoms with Crippen LogP contribution < -0.4 is 10.6 Å². The average molecular weight is 432 g/mol. The summed E-state index contributed by atoms with van der Waals surface area (Å²) in [6, 6.07) is 0. The largest absolute Gasteiger partial charge is 0.353 e. The molecule has 0 aromatic rings. The minimum atomic E-state index is -3.45. The first-order valence-electron chi connectivity index (χ1n) is 9.02. The Morgan fingerprint density at radius 2 is 1.85 bits per heavy atom. The molecule has 1 atom stereocenters. The van der Waals surface area contributed by atoms with E-state index in [0.29, 0.717) is 38.4 Å². The summed E-state index contributed by atoms with van der Waals surface area (Å²) < 4.78 is 23.4. The summed E-state index contributed by atoms with van der Waals surface area (Å²) in [5.41, 5.74) is -0.171. The fourth-order valence-corrected chi connectivity index (χ4v) is 5.26. The van der Waals surface area contributed by atoms with E-state index >= 15 is 0 Å². The number of sulfone groups is 1. The normalized spacial score (nSPS) is 24.1. The van der Waals surface area contributed by atoms with Gasteiger partial charge in [0.25, 0.3) is 0 Å². The zero-order valence-electron chi connectivity index (χ0n) is 16.3. The van der Waals surface area contributed by atoms with Gasteiger partial charge in [-0.1, -0.05) is 6.92 Å². The molecule has 6 nitrogen and oxygen atoms in total. The Labute approximate surface area is 171 Å². The molecule has 0 aliphatic carbocycles. The van der Waals surface area contributed by atoms with Gasteiger partial charge >= 0.3 is 0 Å². The number of halogens is 2. The average Bonchev–Trinajstić information content (AvgIpc) is 2.52. The van der Waals surface area contributed by atoms with Gasteiger partial charge in [0, 0.05) is 24.9 Å². The van der Waals surface area contributed by atoms with E-state index in [4.69, 9.17) is 0 Å². The molecule has 9 heteroatoms. The van der Waals surface area contributed by atoms with Crippen molar-refractivity contribution in [1.29, 1.82) is 0 Å². The van der Waals surface area contributed by atoms with Gasteiger partial charge in [0.2, 0.25) is 5.91 Å². The number of piperidine rings is 2. The van der Waals surface area contributed by atoms with Crippen molar-refractivity contribution in [3.63, 3.8) is 0 Å². The number of nitrogens with one attached hydrogen (secondary N) is 2. The van der Waals surface area contributed by atoms with Gasteiger partial charge in [-0.25, -0.2) is 8.42 Å². The number of rotatable bonds is 5. The molecule has 26 heavy (non-hydrogen) atoms. The van der Waals surface area contributed by atoms with Crippen LogP contribution >= 0.6 is 24.8 Å². The number of amides is 1. The highest BCUT2D eigenvalue weighted by Crippen LogP contribution is 2.29. The summed E-state index contributed by atoms with van der Waals surface area (Å²) in [5.74, 6) is 0.338. The molecule has 2 fully saturated rings. The maximum Gasteiger partial charge on any atom is 0.241 e. The van der Waals surface area contributed by atoms with E-state index in [2.05, 4.69) is 36.3 Å². The van der Waals surface area contributed by atoms with Gasteiger partial charge in [-0.05, 0) is 65.1 Å². The minimum Gasteiger partial charge on any atom is -0.353 e. The third-order valence-electron chi connectivity index (χ3n) is 5.73. The molecule has 0 bridgehead atoms. The molecule has 0 spiro atoms. The Morgan fingerprint density at radius 3 is 2.35 bits per heavy atom. The molecule has 2 heterocycles. The quantitative estimate of drug-likeness (QED) is 0.691. The van der Waals surface area contributed by atoms with Crippen LogP contribution in [-0.2, 0) is 14.6 Å². The van der Waals surface area contributed by atoms with Gasteiger partial charge in [-0.3, -0.25) is 9.69 Å². The Kier molecular flexibility index (Phi) is 9.89. The van der Waals surface area contributed by atoms with Crippen molar-refractivity contribution in [2.75, 3.05) is 39.0 Å². The third-order valence-corrected chi connectivity index (χ3v) is 7.74. The Bertz CT molecular complexity index is 564. The summed E-state index contributed by atoms with van der Waals surface area (Å²) >= 11 is 0. The molecule has 2 aliphatic rings. The molecular weight excluding hydrogens is 397 g/mol. The predicted molar refractivity (Wildman–Crippen MR) is 111 cm³/mol. The van der Waals surface area contributed by atoms with Crippen molar-refractivity contribution in [3.8, 4) is 0 Å². The molecular formula is C17H35Cl2N3O3S. The second-order valence-corrected chi connectivity index (χ2v) is 10.5. The van der Waals surface area contributed by atoms with Crippen molar-refractivity contribution in [2.45, 2.75) is 56.7 Å². The first kappa shape index (κ1) is 25.9. The molecule has 1 amide bonds. The van der Waals surface area contributed by atoms with Crippen LogP contribution in [0, 0.1) is 5.92 Å². The van der Waals surface area contributed by atoms with Crippen LogP contribution in [0.4, 0.5) is 0 Å². The third kappa shape index (κ3) is 5.71. The molecule has 2 aliphatic heterocycles. The summed E-state index contributed by atoms with van der Waals surface area (Å²) in [6.07, 6.45) is 4.31. The van der Waals surface area contributed by atoms with Crippen LogP contribution in [-0.4, -0.2) is 68.5 Å². The van der Waals surface area contributed by atoms with Gasteiger partial charge in [0.05, 0.1) is 0 Å². The van der Waals surface area contributed by atoms with Gasteiger partial charge < -0.3 is 10.6 Å². The van der Waals surface area contributed by atoms with Gasteiger partial charge in [-0.2, -0.15) is 0 Å². The summed E-state index contributed by atoms with van der Waals surface area (Å²) in [6.45, 7) is 10.2. The SMILES string of the molecule is CC1CCCN(C(C)(C)CNC(=O)C2(S(C)(=O)=O)CCNCC2)C1.Cl.Cl. The molecule has 0 aromatic carbocycles. The van der Waals surface area contributed by atoms with E-state index < -0.39 is 14.6 Å². The molecule has 2 N–H and O–H groups in total. The molecule has 2 rings (SSSR count). The maximum absolute atomic E-state index is 12.8. The maximum atomic E-state index is 12.8. The van der Waals surface area contributed by atoms with E-state index in [0.717, 1.165) is 13.1 Å². The predicted octanol–water partition coefficient (Wildman–Crippen LogP) is 1.62. The number of likely N-dealkylation sites (tertiary alicyclic amines) is 1. The highest BCUT2D eigenvalue weighted by Gasteiger charge is 2.49. The molecule has 156 valence electrons. The fraction of sp³-hybridized carbons (Fsp3) is 0.941. The lowest BCUT2D eigenvalue weighted by Gasteiger charge is -2.44. The molecule has 2 saturated heterocycles. The fourth-order valence-electron chi connectivity index (χ4n) is 3.91. The van der Waals surface area contributed by atoms with Crippen molar-refractivity contribution in [2.24, 2.45) is 5.92 Å². The standard InChI is InChI=1S/C17H33N3O3S.2ClH/c1-14-6-5-11-20(12-14)16(2,3)13-19-15(21)17(24(4,22)23)7-9-18-10-8-17;;/h14,18H,5-13H2,1-4H3,(H,19,21);2*1H. The Morgan fingerprint density at radius 1 is 1.27 bits per heavy atom. The van der Waals surface area contributed by atoms with Crippen molar-refractivity contribution in [3.05, 3.63) is 0 Å². The number of nitrogens with zero attached hydrogens (tertiary/aromatic N) is 1. The zero-order valence-corrected chi connectivity index (χ0v) is 18.8. The van der Waals surface area contributed by atoms with Crippen molar-refractivity contribution in [1.82, 2.24) is 15.5 Å². The van der Waals surface area contributed by atoms with Crippen LogP contribution in [0.2, 0.25) is 0 Å². The van der Waals surface area contributed by atoms with E-state index in [1.54, 1.807) is 0 Å². The van der Waals surface area contributed by atoms with Crippen LogP contribution in [0.3, 0.4) is 0 Å². The number of hydrogen-bond acceptors (Lipinski definition) is 5. The van der Waals surface area contributed by atoms with Crippen molar-refractivity contribution >= 4 is 40.6 Å². The van der Waals surface area contributed by atoms with Gasteiger partial charge in [0.1, 0.15) is 0 Å². The van der Waals surface area contributed by atoms with Crippen molar-refractivity contribution < 1.29 is 13.2 Å². The molecule has 1 unspecified atom stereocenters. The van der Waals surface area contributed by atoms with Crippen LogP contribution in [0.1, 0.15) is 46.5 Å². The highest BCUT2D eigenvalue weighted by atomic mass is 35.5. The molecule has 0 radical (unpaired) electrons. The summed E-state index contributed by atoms with van der Waals surface area (Å²) in [7, 11) is -3.45. The number of hydrogen-bond donors (Lipinski definition) is 2. The second-order valence-electron chi connectivity index (χ2n) is 8.20. The molecule has 0 saturated carbocycles. The lowest BCUT2D eigenvalue weighted by molar-refractivity contribution is -0.125. The second kappa shape index (κ2) is 9.92. The highest BCUT2D eigenvalue weighted by molar-refractivity contribution is 7.92. The Hall–Kier alpha value is -0.0800. The number of carbonyl (C=O) groups is 1. The topological polar surface area (TPSA) is 78.5 Å².